The summed E-state index contributed by atoms with van der Waals surface area (Å²) in [5.41, 5.74) is 4.57. The largest absolute Gasteiger partial charge is 0.273 e. The predicted molar refractivity (Wildman–Crippen MR) is 70.9 cm³/mol. The van der Waals surface area contributed by atoms with Crippen LogP contribution < -0.4 is 5.43 Å². The molecule has 0 atom stereocenters. The molecule has 0 saturated heterocycles. The highest BCUT2D eigenvalue weighted by Crippen LogP contribution is 2.04. The van der Waals surface area contributed by atoms with E-state index in [0.717, 1.165) is 17.7 Å². The highest BCUT2D eigenvalue weighted by atomic mass is 16.2. The van der Waals surface area contributed by atoms with Crippen molar-refractivity contribution >= 4 is 11.6 Å². The fourth-order valence-electron chi connectivity index (χ4n) is 1.52. The quantitative estimate of drug-likeness (QED) is 0.615. The Kier molecular flexibility index (Phi) is 5.40. The lowest BCUT2D eigenvalue weighted by Crippen LogP contribution is -2.21. The Balaban J connectivity index is 2.65. The molecule has 1 aromatic rings. The summed E-state index contributed by atoms with van der Waals surface area (Å²) in [5.74, 6) is 0.328. The molecule has 0 fully saturated rings. The number of nitrogens with zero attached hydrogens (tertiary/aromatic N) is 1. The minimum Gasteiger partial charge on any atom is -0.273 e. The Morgan fingerprint density at radius 2 is 1.94 bits per heavy atom. The van der Waals surface area contributed by atoms with Crippen molar-refractivity contribution < 1.29 is 4.79 Å². The van der Waals surface area contributed by atoms with Crippen molar-refractivity contribution in [2.75, 3.05) is 0 Å². The minimum atomic E-state index is -0.0260. The zero-order chi connectivity index (χ0) is 12.7. The van der Waals surface area contributed by atoms with E-state index in [-0.39, 0.29) is 5.91 Å². The number of benzene rings is 1. The molecule has 0 radical (unpaired) electrons. The monoisotopic (exact) mass is 232 g/mol. The standard InChI is InChI=1S/C14H20N2O/c1-4-13(12-8-6-5-7-9-12)15-16-14(17)10-11(2)3/h5-9,11H,4,10H2,1-3H3,(H,16,17). The Labute approximate surface area is 103 Å². The van der Waals surface area contributed by atoms with Crippen LogP contribution in [0.25, 0.3) is 0 Å². The zero-order valence-corrected chi connectivity index (χ0v) is 10.7. The number of rotatable bonds is 5. The Morgan fingerprint density at radius 3 is 2.47 bits per heavy atom. The van der Waals surface area contributed by atoms with Crippen molar-refractivity contribution in [1.82, 2.24) is 5.43 Å². The first-order valence-corrected chi connectivity index (χ1v) is 6.04. The fourth-order valence-corrected chi connectivity index (χ4v) is 1.52. The summed E-state index contributed by atoms with van der Waals surface area (Å²) in [6.45, 7) is 6.06. The summed E-state index contributed by atoms with van der Waals surface area (Å²) < 4.78 is 0. The van der Waals surface area contributed by atoms with Crippen molar-refractivity contribution in [1.29, 1.82) is 0 Å². The second-order valence-electron chi connectivity index (χ2n) is 4.41. The Morgan fingerprint density at radius 1 is 1.29 bits per heavy atom. The molecule has 0 aliphatic rings. The lowest BCUT2D eigenvalue weighted by atomic mass is 10.1. The molecule has 0 spiro atoms. The van der Waals surface area contributed by atoms with Crippen LogP contribution in [0.3, 0.4) is 0 Å². The number of hydrazone groups is 1. The van der Waals surface area contributed by atoms with Crippen molar-refractivity contribution in [2.24, 2.45) is 11.0 Å². The molecular weight excluding hydrogens is 212 g/mol. The molecule has 0 bridgehead atoms. The van der Waals surface area contributed by atoms with E-state index >= 15 is 0 Å². The molecule has 3 heteroatoms. The van der Waals surface area contributed by atoms with E-state index in [0.29, 0.717) is 12.3 Å². The maximum Gasteiger partial charge on any atom is 0.240 e. The van der Waals surface area contributed by atoms with Gasteiger partial charge in [0.05, 0.1) is 5.71 Å². The molecule has 0 aromatic heterocycles. The van der Waals surface area contributed by atoms with Crippen LogP contribution in [0.5, 0.6) is 0 Å². The van der Waals surface area contributed by atoms with Crippen LogP contribution >= 0.6 is 0 Å². The number of hydrogen-bond donors (Lipinski definition) is 1. The van der Waals surface area contributed by atoms with Gasteiger partial charge in [0.1, 0.15) is 0 Å². The summed E-state index contributed by atoms with van der Waals surface area (Å²) in [4.78, 5) is 11.5. The van der Waals surface area contributed by atoms with Crippen LogP contribution in [0.1, 0.15) is 39.2 Å². The highest BCUT2D eigenvalue weighted by Gasteiger charge is 2.05. The van der Waals surface area contributed by atoms with Crippen molar-refractivity contribution in [3.8, 4) is 0 Å². The van der Waals surface area contributed by atoms with Crippen LogP contribution in [0.2, 0.25) is 0 Å². The first-order valence-electron chi connectivity index (χ1n) is 6.04. The summed E-state index contributed by atoms with van der Waals surface area (Å²) in [6, 6.07) is 9.90. The summed E-state index contributed by atoms with van der Waals surface area (Å²) in [7, 11) is 0. The van der Waals surface area contributed by atoms with Crippen molar-refractivity contribution in [3.05, 3.63) is 35.9 Å². The molecule has 92 valence electrons. The number of nitrogens with one attached hydrogen (secondary N) is 1. The maximum atomic E-state index is 11.5. The van der Waals surface area contributed by atoms with Gasteiger partial charge in [-0.3, -0.25) is 4.79 Å². The first-order chi connectivity index (χ1) is 8.13. The third kappa shape index (κ3) is 4.81. The SMILES string of the molecule is CCC(=NNC(=O)CC(C)C)c1ccccc1. The molecular formula is C14H20N2O. The Bertz CT molecular complexity index is 382. The molecule has 1 aromatic carbocycles. The molecule has 0 unspecified atom stereocenters. The van der Waals surface area contributed by atoms with Crippen LogP contribution in [0.4, 0.5) is 0 Å². The van der Waals surface area contributed by atoms with Gasteiger partial charge in [0.25, 0.3) is 0 Å². The molecule has 1 N–H and O–H groups in total. The first kappa shape index (κ1) is 13.4. The van der Waals surface area contributed by atoms with E-state index < -0.39 is 0 Å². The number of hydrogen-bond acceptors (Lipinski definition) is 2. The van der Waals surface area contributed by atoms with Crippen LogP contribution in [-0.4, -0.2) is 11.6 Å². The van der Waals surface area contributed by atoms with Gasteiger partial charge in [0.2, 0.25) is 5.91 Å². The number of carbonyl (C=O) groups is 1. The van der Waals surface area contributed by atoms with E-state index in [1.54, 1.807) is 0 Å². The molecule has 3 nitrogen and oxygen atoms in total. The second kappa shape index (κ2) is 6.84. The molecule has 1 rings (SSSR count). The molecule has 0 saturated carbocycles. The van der Waals surface area contributed by atoms with E-state index in [1.165, 1.54) is 0 Å². The van der Waals surface area contributed by atoms with E-state index in [9.17, 15) is 4.79 Å². The number of amides is 1. The number of carbonyl (C=O) groups excluding carboxylic acids is 1. The van der Waals surface area contributed by atoms with Crippen molar-refractivity contribution in [2.45, 2.75) is 33.6 Å². The lowest BCUT2D eigenvalue weighted by Gasteiger charge is -2.06. The van der Waals surface area contributed by atoms with Gasteiger partial charge in [-0.1, -0.05) is 51.1 Å². The van der Waals surface area contributed by atoms with Gasteiger partial charge in [-0.15, -0.1) is 0 Å². The summed E-state index contributed by atoms with van der Waals surface area (Å²) in [6.07, 6.45) is 1.31. The summed E-state index contributed by atoms with van der Waals surface area (Å²) >= 11 is 0. The maximum absolute atomic E-state index is 11.5. The minimum absolute atomic E-state index is 0.0260. The van der Waals surface area contributed by atoms with E-state index in [1.807, 2.05) is 51.1 Å². The molecule has 0 heterocycles. The molecule has 0 aliphatic heterocycles. The van der Waals surface area contributed by atoms with Gasteiger partial charge >= 0.3 is 0 Å². The van der Waals surface area contributed by atoms with Gasteiger partial charge in [0, 0.05) is 6.42 Å². The lowest BCUT2D eigenvalue weighted by molar-refractivity contribution is -0.121. The normalized spacial score (nSPS) is 11.6. The van der Waals surface area contributed by atoms with Crippen LogP contribution in [0, 0.1) is 5.92 Å². The summed E-state index contributed by atoms with van der Waals surface area (Å²) in [5, 5.41) is 4.18. The van der Waals surface area contributed by atoms with Gasteiger partial charge in [-0.2, -0.15) is 5.10 Å². The average Bonchev–Trinajstić information content (AvgIpc) is 2.30. The fraction of sp³-hybridized carbons (Fsp3) is 0.429. The van der Waals surface area contributed by atoms with Gasteiger partial charge in [-0.25, -0.2) is 5.43 Å². The van der Waals surface area contributed by atoms with E-state index in [2.05, 4.69) is 10.5 Å². The topological polar surface area (TPSA) is 41.5 Å². The van der Waals surface area contributed by atoms with Crippen molar-refractivity contribution in [3.63, 3.8) is 0 Å². The smallest absolute Gasteiger partial charge is 0.240 e. The molecule has 17 heavy (non-hydrogen) atoms. The predicted octanol–water partition coefficient (Wildman–Crippen LogP) is 2.96. The molecule has 1 amide bonds. The third-order valence-electron chi connectivity index (χ3n) is 2.35. The second-order valence-corrected chi connectivity index (χ2v) is 4.41. The molecule has 0 aliphatic carbocycles. The van der Waals surface area contributed by atoms with Gasteiger partial charge in [0.15, 0.2) is 0 Å². The van der Waals surface area contributed by atoms with Crippen LogP contribution in [-0.2, 0) is 4.79 Å². The van der Waals surface area contributed by atoms with Gasteiger partial charge in [-0.05, 0) is 17.9 Å². The third-order valence-corrected chi connectivity index (χ3v) is 2.35. The zero-order valence-electron chi connectivity index (χ0n) is 10.7. The average molecular weight is 232 g/mol. The highest BCUT2D eigenvalue weighted by molar-refractivity contribution is 6.00. The van der Waals surface area contributed by atoms with Gasteiger partial charge < -0.3 is 0 Å². The van der Waals surface area contributed by atoms with Crippen LogP contribution in [0.15, 0.2) is 35.4 Å². The van der Waals surface area contributed by atoms with E-state index in [4.69, 9.17) is 0 Å². The Hall–Kier alpha value is -1.64.